The topological polar surface area (TPSA) is 93.1 Å². The maximum Gasteiger partial charge on any atom is 0.308 e. The second-order valence-corrected chi connectivity index (χ2v) is 5.22. The highest BCUT2D eigenvalue weighted by atomic mass is 16.6. The molecule has 0 spiro atoms. The van der Waals surface area contributed by atoms with Crippen LogP contribution in [0, 0.1) is 5.92 Å². The third kappa shape index (κ3) is 10.3. The highest BCUT2D eigenvalue weighted by Gasteiger charge is 2.21. The van der Waals surface area contributed by atoms with Crippen molar-refractivity contribution in [3.63, 3.8) is 0 Å². The van der Waals surface area contributed by atoms with E-state index < -0.39 is 24.3 Å². The van der Waals surface area contributed by atoms with Gasteiger partial charge in [0.1, 0.15) is 6.61 Å². The molecule has 6 heteroatoms. The first-order valence-corrected chi connectivity index (χ1v) is 7.61. The predicted octanol–water partition coefficient (Wildman–Crippen LogP) is 1.77. The summed E-state index contributed by atoms with van der Waals surface area (Å²) in [6.45, 7) is 5.40. The predicted molar refractivity (Wildman–Crippen MR) is 77.3 cm³/mol. The Labute approximate surface area is 126 Å². The second-order valence-electron chi connectivity index (χ2n) is 5.22. The number of ether oxygens (including phenoxy) is 2. The molecule has 0 radical (unpaired) electrons. The van der Waals surface area contributed by atoms with Crippen LogP contribution in [0.2, 0.25) is 0 Å². The Hall–Kier alpha value is -1.14. The fourth-order valence-corrected chi connectivity index (χ4v) is 1.79. The zero-order valence-electron chi connectivity index (χ0n) is 13.2. The first-order chi connectivity index (χ1) is 9.90. The van der Waals surface area contributed by atoms with Crippen molar-refractivity contribution < 1.29 is 29.3 Å². The Morgan fingerprint density at radius 2 is 1.71 bits per heavy atom. The van der Waals surface area contributed by atoms with E-state index in [4.69, 9.17) is 14.6 Å². The molecule has 0 aromatic carbocycles. The fraction of sp³-hybridized carbons (Fsp3) is 0.867. The van der Waals surface area contributed by atoms with Gasteiger partial charge in [0.15, 0.2) is 0 Å². The summed E-state index contributed by atoms with van der Waals surface area (Å²) in [4.78, 5) is 22.8. The standard InChI is InChI=1S/C15H28O6/c1-4-6-7-12(5-2)15(19)21-14(18)9-8-13(17)20-10-11(3)16/h11-12,15-16,19H,4-10H2,1-3H3. The van der Waals surface area contributed by atoms with Crippen molar-refractivity contribution in [1.82, 2.24) is 0 Å². The molecule has 0 bridgehead atoms. The first-order valence-electron chi connectivity index (χ1n) is 7.61. The van der Waals surface area contributed by atoms with E-state index >= 15 is 0 Å². The summed E-state index contributed by atoms with van der Waals surface area (Å²) in [5, 5.41) is 18.8. The van der Waals surface area contributed by atoms with Gasteiger partial charge in [0, 0.05) is 5.92 Å². The third-order valence-electron chi connectivity index (χ3n) is 3.13. The molecule has 3 unspecified atom stereocenters. The minimum Gasteiger partial charge on any atom is -0.463 e. The maximum atomic E-state index is 11.6. The molecular weight excluding hydrogens is 276 g/mol. The molecule has 0 aliphatic rings. The van der Waals surface area contributed by atoms with Gasteiger partial charge in [0.25, 0.3) is 0 Å². The molecule has 0 fully saturated rings. The summed E-state index contributed by atoms with van der Waals surface area (Å²) < 4.78 is 9.66. The average Bonchev–Trinajstić information content (AvgIpc) is 2.43. The quantitative estimate of drug-likeness (QED) is 0.446. The zero-order chi connectivity index (χ0) is 16.3. The zero-order valence-corrected chi connectivity index (χ0v) is 13.2. The van der Waals surface area contributed by atoms with Crippen molar-refractivity contribution in [3.8, 4) is 0 Å². The largest absolute Gasteiger partial charge is 0.463 e. The van der Waals surface area contributed by atoms with Gasteiger partial charge in [0.05, 0.1) is 18.9 Å². The smallest absolute Gasteiger partial charge is 0.308 e. The number of esters is 2. The normalized spacial score (nSPS) is 15.1. The summed E-state index contributed by atoms with van der Waals surface area (Å²) in [5.74, 6) is -1.26. The number of hydrogen-bond donors (Lipinski definition) is 2. The van der Waals surface area contributed by atoms with E-state index in [-0.39, 0.29) is 25.4 Å². The Morgan fingerprint density at radius 3 is 2.24 bits per heavy atom. The van der Waals surface area contributed by atoms with Gasteiger partial charge < -0.3 is 19.7 Å². The summed E-state index contributed by atoms with van der Waals surface area (Å²) in [6, 6.07) is 0. The van der Waals surface area contributed by atoms with Crippen molar-refractivity contribution >= 4 is 11.9 Å². The summed E-state index contributed by atoms with van der Waals surface area (Å²) in [7, 11) is 0. The van der Waals surface area contributed by atoms with Crippen LogP contribution in [0.15, 0.2) is 0 Å². The fourth-order valence-electron chi connectivity index (χ4n) is 1.79. The molecule has 0 amide bonds. The number of rotatable bonds is 11. The van der Waals surface area contributed by atoms with Crippen molar-refractivity contribution in [1.29, 1.82) is 0 Å². The minimum absolute atomic E-state index is 0.0731. The van der Waals surface area contributed by atoms with E-state index in [1.807, 2.05) is 6.92 Å². The van der Waals surface area contributed by atoms with Crippen molar-refractivity contribution in [2.45, 2.75) is 71.7 Å². The van der Waals surface area contributed by atoms with E-state index in [9.17, 15) is 14.7 Å². The van der Waals surface area contributed by atoms with Gasteiger partial charge in [-0.1, -0.05) is 26.7 Å². The lowest BCUT2D eigenvalue weighted by atomic mass is 9.99. The van der Waals surface area contributed by atoms with E-state index in [2.05, 4.69) is 6.92 Å². The molecule has 0 aliphatic heterocycles. The SMILES string of the molecule is CCCCC(CC)C(O)OC(=O)CCC(=O)OCC(C)O. The van der Waals surface area contributed by atoms with Gasteiger partial charge in [-0.15, -0.1) is 0 Å². The van der Waals surface area contributed by atoms with Gasteiger partial charge in [-0.3, -0.25) is 9.59 Å². The summed E-state index contributed by atoms with van der Waals surface area (Å²) >= 11 is 0. The molecule has 0 rings (SSSR count). The number of carbonyl (C=O) groups is 2. The third-order valence-corrected chi connectivity index (χ3v) is 3.13. The van der Waals surface area contributed by atoms with Crippen LogP contribution in [0.25, 0.3) is 0 Å². The molecule has 0 heterocycles. The summed E-state index contributed by atoms with van der Waals surface area (Å²) in [5.41, 5.74) is 0. The molecule has 0 aromatic rings. The average molecular weight is 304 g/mol. The lowest BCUT2D eigenvalue weighted by Crippen LogP contribution is -2.27. The monoisotopic (exact) mass is 304 g/mol. The highest BCUT2D eigenvalue weighted by Crippen LogP contribution is 2.18. The van der Waals surface area contributed by atoms with Crippen LogP contribution < -0.4 is 0 Å². The van der Waals surface area contributed by atoms with Crippen LogP contribution in [0.3, 0.4) is 0 Å². The molecule has 0 aromatic heterocycles. The molecule has 0 saturated carbocycles. The van der Waals surface area contributed by atoms with Gasteiger partial charge in [-0.05, 0) is 19.8 Å². The van der Waals surface area contributed by atoms with Crippen molar-refractivity contribution in [2.75, 3.05) is 6.61 Å². The Kier molecular flexibility index (Phi) is 10.9. The Balaban J connectivity index is 3.98. The lowest BCUT2D eigenvalue weighted by molar-refractivity contribution is -0.179. The molecule has 3 atom stereocenters. The molecule has 0 saturated heterocycles. The van der Waals surface area contributed by atoms with Gasteiger partial charge in [0.2, 0.25) is 6.29 Å². The second kappa shape index (κ2) is 11.5. The number of aliphatic hydroxyl groups is 2. The number of hydrogen-bond acceptors (Lipinski definition) is 6. The van der Waals surface area contributed by atoms with Gasteiger partial charge >= 0.3 is 11.9 Å². The van der Waals surface area contributed by atoms with E-state index in [1.54, 1.807) is 0 Å². The van der Waals surface area contributed by atoms with Crippen LogP contribution in [0.1, 0.15) is 59.3 Å². The van der Waals surface area contributed by atoms with Crippen LogP contribution in [0.4, 0.5) is 0 Å². The molecular formula is C15H28O6. The number of carbonyl (C=O) groups excluding carboxylic acids is 2. The van der Waals surface area contributed by atoms with E-state index in [0.29, 0.717) is 0 Å². The number of aliphatic hydroxyl groups excluding tert-OH is 2. The summed E-state index contributed by atoms with van der Waals surface area (Å²) in [6.07, 6.45) is 1.41. The first kappa shape index (κ1) is 19.9. The Bertz CT molecular complexity index is 303. The number of unbranched alkanes of at least 4 members (excludes halogenated alkanes) is 1. The van der Waals surface area contributed by atoms with Crippen LogP contribution in [0.5, 0.6) is 0 Å². The molecule has 0 aliphatic carbocycles. The van der Waals surface area contributed by atoms with Crippen LogP contribution >= 0.6 is 0 Å². The van der Waals surface area contributed by atoms with Crippen LogP contribution in [-0.4, -0.2) is 41.2 Å². The van der Waals surface area contributed by atoms with Crippen molar-refractivity contribution in [3.05, 3.63) is 0 Å². The molecule has 2 N–H and O–H groups in total. The van der Waals surface area contributed by atoms with Crippen LogP contribution in [-0.2, 0) is 19.1 Å². The minimum atomic E-state index is -1.12. The Morgan fingerprint density at radius 1 is 1.10 bits per heavy atom. The molecule has 21 heavy (non-hydrogen) atoms. The van der Waals surface area contributed by atoms with Crippen molar-refractivity contribution in [2.24, 2.45) is 5.92 Å². The lowest BCUT2D eigenvalue weighted by Gasteiger charge is -2.21. The maximum absolute atomic E-state index is 11.6. The van der Waals surface area contributed by atoms with Gasteiger partial charge in [-0.2, -0.15) is 0 Å². The molecule has 124 valence electrons. The van der Waals surface area contributed by atoms with E-state index in [0.717, 1.165) is 25.7 Å². The van der Waals surface area contributed by atoms with Gasteiger partial charge in [-0.25, -0.2) is 0 Å². The van der Waals surface area contributed by atoms with E-state index in [1.165, 1.54) is 6.92 Å². The molecule has 6 nitrogen and oxygen atoms in total. The highest BCUT2D eigenvalue weighted by molar-refractivity contribution is 5.77.